The Morgan fingerprint density at radius 3 is 2.56 bits per heavy atom. The zero-order chi connectivity index (χ0) is 13.9. The summed E-state index contributed by atoms with van der Waals surface area (Å²) in [6.45, 7) is 6.66. The first-order chi connectivity index (χ1) is 8.36. The molecule has 1 fully saturated rings. The van der Waals surface area contributed by atoms with Gasteiger partial charge in [0.15, 0.2) is 0 Å². The Hall–Kier alpha value is -1.10. The number of hydrogen-bond acceptors (Lipinski definition) is 4. The average Bonchev–Trinajstić information content (AvgIpc) is 2.68. The molecule has 0 aromatic heterocycles. The van der Waals surface area contributed by atoms with Crippen LogP contribution in [0.4, 0.5) is 0 Å². The summed E-state index contributed by atoms with van der Waals surface area (Å²) in [6, 6.07) is -0.988. The van der Waals surface area contributed by atoms with Gasteiger partial charge in [-0.3, -0.25) is 4.79 Å². The zero-order valence-corrected chi connectivity index (χ0v) is 11.7. The number of carbonyl (C=O) groups is 2. The van der Waals surface area contributed by atoms with E-state index < -0.39 is 12.1 Å². The SMILES string of the molecule is COC(=O)[C@@H]1C[C@@H](C)CN1C(=O)[C@@H](N)CC(C)C. The van der Waals surface area contributed by atoms with Gasteiger partial charge in [0.2, 0.25) is 5.91 Å². The molecule has 5 heteroatoms. The summed E-state index contributed by atoms with van der Waals surface area (Å²) in [4.78, 5) is 25.5. The highest BCUT2D eigenvalue weighted by Crippen LogP contribution is 2.25. The van der Waals surface area contributed by atoms with Gasteiger partial charge in [0, 0.05) is 6.54 Å². The number of nitrogens with zero attached hydrogens (tertiary/aromatic N) is 1. The summed E-state index contributed by atoms with van der Waals surface area (Å²) < 4.78 is 4.75. The Kier molecular flexibility index (Phi) is 5.14. The van der Waals surface area contributed by atoms with Crippen molar-refractivity contribution in [3.63, 3.8) is 0 Å². The highest BCUT2D eigenvalue weighted by Gasteiger charge is 2.39. The van der Waals surface area contributed by atoms with Crippen molar-refractivity contribution in [2.75, 3.05) is 13.7 Å². The van der Waals surface area contributed by atoms with E-state index in [1.54, 1.807) is 4.90 Å². The van der Waals surface area contributed by atoms with Crippen molar-refractivity contribution in [3.8, 4) is 0 Å². The third kappa shape index (κ3) is 3.45. The summed E-state index contributed by atoms with van der Waals surface area (Å²) in [5.74, 6) is 0.192. The van der Waals surface area contributed by atoms with E-state index in [0.29, 0.717) is 31.2 Å². The van der Waals surface area contributed by atoms with Crippen molar-refractivity contribution in [2.24, 2.45) is 17.6 Å². The molecule has 0 bridgehead atoms. The van der Waals surface area contributed by atoms with Crippen LogP contribution in [0.15, 0.2) is 0 Å². The van der Waals surface area contributed by atoms with Gasteiger partial charge in [-0.15, -0.1) is 0 Å². The molecule has 1 amide bonds. The van der Waals surface area contributed by atoms with Crippen molar-refractivity contribution in [2.45, 2.75) is 45.7 Å². The van der Waals surface area contributed by atoms with Gasteiger partial charge in [-0.25, -0.2) is 4.79 Å². The minimum Gasteiger partial charge on any atom is -0.467 e. The van der Waals surface area contributed by atoms with Crippen LogP contribution in [0, 0.1) is 11.8 Å². The molecular weight excluding hydrogens is 232 g/mol. The van der Waals surface area contributed by atoms with Gasteiger partial charge < -0.3 is 15.4 Å². The van der Waals surface area contributed by atoms with E-state index in [9.17, 15) is 9.59 Å². The number of methoxy groups -OCH3 is 1. The number of hydrogen-bond donors (Lipinski definition) is 1. The molecular formula is C13H24N2O3. The fourth-order valence-electron chi connectivity index (χ4n) is 2.47. The highest BCUT2D eigenvalue weighted by atomic mass is 16.5. The summed E-state index contributed by atoms with van der Waals surface area (Å²) in [5.41, 5.74) is 5.90. The molecule has 0 spiro atoms. The van der Waals surface area contributed by atoms with Crippen LogP contribution < -0.4 is 5.73 Å². The third-order valence-corrected chi connectivity index (χ3v) is 3.31. The van der Waals surface area contributed by atoms with Crippen LogP contribution in [0.25, 0.3) is 0 Å². The van der Waals surface area contributed by atoms with Crippen LogP contribution in [-0.4, -0.2) is 42.5 Å². The number of amides is 1. The lowest BCUT2D eigenvalue weighted by Gasteiger charge is -2.26. The van der Waals surface area contributed by atoms with Gasteiger partial charge >= 0.3 is 5.97 Å². The maximum Gasteiger partial charge on any atom is 0.328 e. The first-order valence-corrected chi connectivity index (χ1v) is 6.50. The van der Waals surface area contributed by atoms with Crippen molar-refractivity contribution < 1.29 is 14.3 Å². The molecule has 2 N–H and O–H groups in total. The maximum absolute atomic E-state index is 12.3. The van der Waals surface area contributed by atoms with Gasteiger partial charge in [0.1, 0.15) is 6.04 Å². The molecule has 18 heavy (non-hydrogen) atoms. The number of likely N-dealkylation sites (tertiary alicyclic amines) is 1. The Balaban J connectivity index is 2.73. The van der Waals surface area contributed by atoms with Crippen LogP contribution in [0.3, 0.4) is 0 Å². The number of nitrogens with two attached hydrogens (primary N) is 1. The van der Waals surface area contributed by atoms with Crippen LogP contribution >= 0.6 is 0 Å². The van der Waals surface area contributed by atoms with Gasteiger partial charge in [-0.05, 0) is 24.7 Å². The molecule has 0 saturated carbocycles. The van der Waals surface area contributed by atoms with Gasteiger partial charge in [0.25, 0.3) is 0 Å². The molecule has 1 heterocycles. The number of rotatable bonds is 4. The molecule has 0 radical (unpaired) electrons. The zero-order valence-electron chi connectivity index (χ0n) is 11.7. The fourth-order valence-corrected chi connectivity index (χ4v) is 2.47. The van der Waals surface area contributed by atoms with Crippen LogP contribution in [0.1, 0.15) is 33.6 Å². The Morgan fingerprint density at radius 2 is 2.06 bits per heavy atom. The summed E-state index contributed by atoms with van der Waals surface area (Å²) in [7, 11) is 1.35. The topological polar surface area (TPSA) is 72.6 Å². The van der Waals surface area contributed by atoms with E-state index in [1.807, 2.05) is 20.8 Å². The number of carbonyl (C=O) groups excluding carboxylic acids is 2. The molecule has 5 nitrogen and oxygen atoms in total. The van der Waals surface area contributed by atoms with Gasteiger partial charge in [-0.1, -0.05) is 20.8 Å². The average molecular weight is 256 g/mol. The lowest BCUT2D eigenvalue weighted by atomic mass is 10.0. The monoisotopic (exact) mass is 256 g/mol. The number of esters is 1. The quantitative estimate of drug-likeness (QED) is 0.754. The lowest BCUT2D eigenvalue weighted by molar-refractivity contribution is -0.151. The number of ether oxygens (including phenoxy) is 1. The fraction of sp³-hybridized carbons (Fsp3) is 0.846. The molecule has 0 aromatic rings. The van der Waals surface area contributed by atoms with E-state index in [-0.39, 0.29) is 11.9 Å². The second kappa shape index (κ2) is 6.18. The molecule has 1 saturated heterocycles. The maximum atomic E-state index is 12.3. The highest BCUT2D eigenvalue weighted by molar-refractivity contribution is 5.88. The molecule has 3 atom stereocenters. The smallest absolute Gasteiger partial charge is 0.328 e. The molecule has 0 unspecified atom stereocenters. The first-order valence-electron chi connectivity index (χ1n) is 6.50. The van der Waals surface area contributed by atoms with Crippen LogP contribution in [0.2, 0.25) is 0 Å². The van der Waals surface area contributed by atoms with E-state index in [2.05, 4.69) is 0 Å². The Labute approximate surface area is 109 Å². The lowest BCUT2D eigenvalue weighted by Crippen LogP contribution is -2.49. The molecule has 0 aliphatic carbocycles. The normalized spacial score (nSPS) is 25.3. The van der Waals surface area contributed by atoms with Crippen molar-refractivity contribution in [1.29, 1.82) is 0 Å². The predicted molar refractivity (Wildman–Crippen MR) is 68.7 cm³/mol. The standard InChI is InChI=1S/C13H24N2O3/c1-8(2)5-10(14)12(16)15-7-9(3)6-11(15)13(17)18-4/h8-11H,5-7,14H2,1-4H3/t9-,10+,11+/m1/s1. The largest absolute Gasteiger partial charge is 0.467 e. The minimum absolute atomic E-state index is 0.136. The molecule has 1 rings (SSSR count). The second-order valence-electron chi connectivity index (χ2n) is 5.61. The molecule has 0 aromatic carbocycles. The molecule has 1 aliphatic heterocycles. The Morgan fingerprint density at radius 1 is 1.44 bits per heavy atom. The van der Waals surface area contributed by atoms with Gasteiger partial charge in [0.05, 0.1) is 13.2 Å². The predicted octanol–water partition coefficient (Wildman–Crippen LogP) is 0.770. The van der Waals surface area contributed by atoms with E-state index >= 15 is 0 Å². The third-order valence-electron chi connectivity index (χ3n) is 3.31. The van der Waals surface area contributed by atoms with Crippen molar-refractivity contribution >= 4 is 11.9 Å². The summed E-state index contributed by atoms with van der Waals surface area (Å²) >= 11 is 0. The van der Waals surface area contributed by atoms with Crippen molar-refractivity contribution in [3.05, 3.63) is 0 Å². The van der Waals surface area contributed by atoms with E-state index in [0.717, 1.165) is 0 Å². The second-order valence-corrected chi connectivity index (χ2v) is 5.61. The van der Waals surface area contributed by atoms with Crippen molar-refractivity contribution in [1.82, 2.24) is 4.90 Å². The molecule has 104 valence electrons. The Bertz CT molecular complexity index is 317. The van der Waals surface area contributed by atoms with E-state index in [4.69, 9.17) is 10.5 Å². The first kappa shape index (κ1) is 15.0. The van der Waals surface area contributed by atoms with Gasteiger partial charge in [-0.2, -0.15) is 0 Å². The molecule has 1 aliphatic rings. The van der Waals surface area contributed by atoms with E-state index in [1.165, 1.54) is 7.11 Å². The summed E-state index contributed by atoms with van der Waals surface area (Å²) in [5, 5.41) is 0. The summed E-state index contributed by atoms with van der Waals surface area (Å²) in [6.07, 6.45) is 1.30. The minimum atomic E-state index is -0.526. The van der Waals surface area contributed by atoms with Crippen LogP contribution in [0.5, 0.6) is 0 Å². The van der Waals surface area contributed by atoms with Crippen LogP contribution in [-0.2, 0) is 14.3 Å².